The van der Waals surface area contributed by atoms with E-state index in [0.717, 1.165) is 56.6 Å². The van der Waals surface area contributed by atoms with Crippen molar-refractivity contribution < 1.29 is 9.21 Å². The van der Waals surface area contributed by atoms with Crippen LogP contribution in [-0.2, 0) is 11.3 Å². The van der Waals surface area contributed by atoms with Crippen LogP contribution in [0.5, 0.6) is 0 Å². The molecule has 0 unspecified atom stereocenters. The van der Waals surface area contributed by atoms with Gasteiger partial charge in [-0.15, -0.1) is 0 Å². The normalized spacial score (nSPS) is 15.0. The van der Waals surface area contributed by atoms with Gasteiger partial charge in [-0.1, -0.05) is 6.07 Å². The van der Waals surface area contributed by atoms with E-state index in [1.807, 2.05) is 48.4 Å². The minimum absolute atomic E-state index is 0.233. The molecule has 3 rings (SSSR count). The highest BCUT2D eigenvalue weighted by molar-refractivity contribution is 5.76. The highest BCUT2D eigenvalue weighted by Gasteiger charge is 2.22. The van der Waals surface area contributed by atoms with Gasteiger partial charge < -0.3 is 14.2 Å². The summed E-state index contributed by atoms with van der Waals surface area (Å²) >= 11 is 0. The first-order valence-electron chi connectivity index (χ1n) is 9.76. The standard InChI is InChI=1S/C21H30N4O2/c1-17(2)25(16-19-8-7-18(3)27-19)11-9-21(26)24-14-12-23(13-15-24)20-6-4-5-10-22-20/h4-8,10,17H,9,11-16H2,1-3H3. The minimum Gasteiger partial charge on any atom is -0.465 e. The molecule has 0 saturated carbocycles. The first-order valence-corrected chi connectivity index (χ1v) is 9.76. The van der Waals surface area contributed by atoms with Gasteiger partial charge in [-0.25, -0.2) is 4.98 Å². The van der Waals surface area contributed by atoms with Crippen molar-refractivity contribution in [1.82, 2.24) is 14.8 Å². The highest BCUT2D eigenvalue weighted by Crippen LogP contribution is 2.15. The Morgan fingerprint density at radius 1 is 1.19 bits per heavy atom. The van der Waals surface area contributed by atoms with Crippen molar-refractivity contribution >= 4 is 11.7 Å². The molecule has 6 heteroatoms. The summed E-state index contributed by atoms with van der Waals surface area (Å²) in [7, 11) is 0. The Hall–Kier alpha value is -2.34. The molecule has 1 aliphatic heterocycles. The van der Waals surface area contributed by atoms with Gasteiger partial charge in [0, 0.05) is 51.4 Å². The maximum atomic E-state index is 12.7. The Morgan fingerprint density at radius 3 is 2.56 bits per heavy atom. The molecule has 0 N–H and O–H groups in total. The summed E-state index contributed by atoms with van der Waals surface area (Å²) in [5, 5.41) is 0. The SMILES string of the molecule is Cc1ccc(CN(CCC(=O)N2CCN(c3ccccn3)CC2)C(C)C)o1. The molecule has 0 atom stereocenters. The lowest BCUT2D eigenvalue weighted by atomic mass is 10.2. The lowest BCUT2D eigenvalue weighted by Crippen LogP contribution is -2.49. The van der Waals surface area contributed by atoms with Crippen LogP contribution in [0.4, 0.5) is 5.82 Å². The summed E-state index contributed by atoms with van der Waals surface area (Å²) in [6, 6.07) is 10.3. The molecule has 146 valence electrons. The Bertz CT molecular complexity index is 721. The molecule has 1 fully saturated rings. The Kier molecular flexibility index (Phi) is 6.50. The van der Waals surface area contributed by atoms with Crippen molar-refractivity contribution in [2.75, 3.05) is 37.6 Å². The molecule has 0 radical (unpaired) electrons. The van der Waals surface area contributed by atoms with Gasteiger partial charge in [0.15, 0.2) is 0 Å². The van der Waals surface area contributed by atoms with Gasteiger partial charge >= 0.3 is 0 Å². The van der Waals surface area contributed by atoms with Crippen LogP contribution >= 0.6 is 0 Å². The molecule has 0 aromatic carbocycles. The third-order valence-corrected chi connectivity index (χ3v) is 5.10. The third kappa shape index (κ3) is 5.32. The van der Waals surface area contributed by atoms with Crippen LogP contribution < -0.4 is 4.90 Å². The maximum absolute atomic E-state index is 12.7. The lowest BCUT2D eigenvalue weighted by Gasteiger charge is -2.36. The number of carbonyl (C=O) groups excluding carboxylic acids is 1. The van der Waals surface area contributed by atoms with Crippen LogP contribution in [0.15, 0.2) is 40.9 Å². The first-order chi connectivity index (χ1) is 13.0. The molecular formula is C21H30N4O2. The molecule has 2 aromatic heterocycles. The van der Waals surface area contributed by atoms with Crippen molar-refractivity contribution in [1.29, 1.82) is 0 Å². The number of aryl methyl sites for hydroxylation is 1. The second kappa shape index (κ2) is 9.04. The summed E-state index contributed by atoms with van der Waals surface area (Å²) < 4.78 is 5.69. The number of hydrogen-bond donors (Lipinski definition) is 0. The van der Waals surface area contributed by atoms with Gasteiger partial charge in [-0.2, -0.15) is 0 Å². The quantitative estimate of drug-likeness (QED) is 0.750. The number of carbonyl (C=O) groups is 1. The van der Waals surface area contributed by atoms with Gasteiger partial charge in [-0.3, -0.25) is 9.69 Å². The largest absolute Gasteiger partial charge is 0.465 e. The Labute approximate surface area is 161 Å². The number of amides is 1. The van der Waals surface area contributed by atoms with Crippen LogP contribution in [0.3, 0.4) is 0 Å². The van der Waals surface area contributed by atoms with Crippen LogP contribution in [0.25, 0.3) is 0 Å². The van der Waals surface area contributed by atoms with Gasteiger partial charge in [0.25, 0.3) is 0 Å². The molecule has 2 aromatic rings. The molecule has 0 aliphatic carbocycles. The zero-order valence-corrected chi connectivity index (χ0v) is 16.6. The van der Waals surface area contributed by atoms with Gasteiger partial charge in [0.1, 0.15) is 17.3 Å². The van der Waals surface area contributed by atoms with Gasteiger partial charge in [-0.05, 0) is 45.0 Å². The third-order valence-electron chi connectivity index (χ3n) is 5.10. The predicted molar refractivity (Wildman–Crippen MR) is 107 cm³/mol. The second-order valence-corrected chi connectivity index (χ2v) is 7.38. The fourth-order valence-electron chi connectivity index (χ4n) is 3.41. The summed E-state index contributed by atoms with van der Waals surface area (Å²) in [5.74, 6) is 3.11. The average molecular weight is 370 g/mol. The van der Waals surface area contributed by atoms with Crippen LogP contribution in [0, 0.1) is 6.92 Å². The Morgan fingerprint density at radius 2 is 1.96 bits per heavy atom. The maximum Gasteiger partial charge on any atom is 0.223 e. The topological polar surface area (TPSA) is 52.8 Å². The number of piperazine rings is 1. The van der Waals surface area contributed by atoms with Crippen molar-refractivity contribution in [3.05, 3.63) is 48.0 Å². The number of hydrogen-bond acceptors (Lipinski definition) is 5. The molecular weight excluding hydrogens is 340 g/mol. The molecule has 27 heavy (non-hydrogen) atoms. The number of rotatable bonds is 7. The van der Waals surface area contributed by atoms with Crippen molar-refractivity contribution in [2.24, 2.45) is 0 Å². The number of anilines is 1. The molecule has 1 aliphatic rings. The van der Waals surface area contributed by atoms with E-state index >= 15 is 0 Å². The molecule has 1 saturated heterocycles. The summed E-state index contributed by atoms with van der Waals surface area (Å²) in [4.78, 5) is 23.6. The first kappa shape index (κ1) is 19.4. The fraction of sp³-hybridized carbons (Fsp3) is 0.524. The number of furan rings is 1. The zero-order chi connectivity index (χ0) is 19.2. The van der Waals surface area contributed by atoms with E-state index in [2.05, 4.69) is 28.6 Å². The minimum atomic E-state index is 0.233. The van der Waals surface area contributed by atoms with Gasteiger partial charge in [0.05, 0.1) is 6.54 Å². The monoisotopic (exact) mass is 370 g/mol. The molecule has 0 spiro atoms. The van der Waals surface area contributed by atoms with Crippen LogP contribution in [0.2, 0.25) is 0 Å². The van der Waals surface area contributed by atoms with Crippen molar-refractivity contribution in [3.8, 4) is 0 Å². The van der Waals surface area contributed by atoms with E-state index < -0.39 is 0 Å². The number of pyridine rings is 1. The number of nitrogens with zero attached hydrogens (tertiary/aromatic N) is 4. The van der Waals surface area contributed by atoms with Crippen molar-refractivity contribution in [2.45, 2.75) is 39.8 Å². The summed E-state index contributed by atoms with van der Waals surface area (Å²) in [6.07, 6.45) is 2.36. The summed E-state index contributed by atoms with van der Waals surface area (Å²) in [6.45, 7) is 11.0. The lowest BCUT2D eigenvalue weighted by molar-refractivity contribution is -0.132. The molecule has 6 nitrogen and oxygen atoms in total. The second-order valence-electron chi connectivity index (χ2n) is 7.38. The van der Waals surface area contributed by atoms with Crippen molar-refractivity contribution in [3.63, 3.8) is 0 Å². The van der Waals surface area contributed by atoms with E-state index in [-0.39, 0.29) is 5.91 Å². The fourth-order valence-corrected chi connectivity index (χ4v) is 3.41. The van der Waals surface area contributed by atoms with E-state index in [0.29, 0.717) is 12.5 Å². The highest BCUT2D eigenvalue weighted by atomic mass is 16.3. The summed E-state index contributed by atoms with van der Waals surface area (Å²) in [5.41, 5.74) is 0. The van der Waals surface area contributed by atoms with E-state index in [1.165, 1.54) is 0 Å². The molecule has 1 amide bonds. The molecule has 0 bridgehead atoms. The van der Waals surface area contributed by atoms with E-state index in [9.17, 15) is 4.79 Å². The zero-order valence-electron chi connectivity index (χ0n) is 16.6. The van der Waals surface area contributed by atoms with Crippen LogP contribution in [0.1, 0.15) is 31.8 Å². The predicted octanol–water partition coefficient (Wildman–Crippen LogP) is 2.93. The Balaban J connectivity index is 1.47. The van der Waals surface area contributed by atoms with Gasteiger partial charge in [0.2, 0.25) is 5.91 Å². The van der Waals surface area contributed by atoms with E-state index in [1.54, 1.807) is 0 Å². The van der Waals surface area contributed by atoms with E-state index in [4.69, 9.17) is 4.42 Å². The molecule has 3 heterocycles. The number of aromatic nitrogens is 1. The van der Waals surface area contributed by atoms with Crippen LogP contribution in [-0.4, -0.2) is 59.5 Å². The average Bonchev–Trinajstić information content (AvgIpc) is 3.10. The smallest absolute Gasteiger partial charge is 0.223 e.